The molecule has 1 amide bonds. The number of nitrogens with two attached hydrogens (primary N) is 1. The Morgan fingerprint density at radius 3 is 2.46 bits per heavy atom. The minimum Gasteiger partial charge on any atom is -0.457 e. The van der Waals surface area contributed by atoms with E-state index >= 15 is 0 Å². The van der Waals surface area contributed by atoms with Crippen LogP contribution in [-0.2, 0) is 4.79 Å². The lowest BCUT2D eigenvalue weighted by molar-refractivity contribution is -0.111. The van der Waals surface area contributed by atoms with Crippen molar-refractivity contribution in [3.63, 3.8) is 0 Å². The van der Waals surface area contributed by atoms with Gasteiger partial charge < -0.3 is 21.1 Å². The smallest absolute Gasteiger partial charge is 0.339 e. The number of amides is 1. The number of fused-ring (bicyclic) bond motifs is 1. The lowest BCUT2D eigenvalue weighted by Gasteiger charge is -2.10. The highest BCUT2D eigenvalue weighted by Crippen LogP contribution is 2.38. The number of carbonyl (C=O) groups excluding carboxylic acids is 1. The summed E-state index contributed by atoms with van der Waals surface area (Å²) in [5.41, 5.74) is 8.37. The number of ether oxygens (including phenoxy) is 1. The average Bonchev–Trinajstić information content (AvgIpc) is 3.70. The molecule has 1 aliphatic rings. The third-order valence-electron chi connectivity index (χ3n) is 7.26. The molecule has 0 aliphatic heterocycles. The lowest BCUT2D eigenvalue weighted by Crippen LogP contribution is -2.26. The van der Waals surface area contributed by atoms with Crippen molar-refractivity contribution < 1.29 is 9.53 Å². The van der Waals surface area contributed by atoms with Crippen LogP contribution in [0.15, 0.2) is 102 Å². The highest BCUT2D eigenvalue weighted by molar-refractivity contribution is 5.99. The van der Waals surface area contributed by atoms with E-state index in [4.69, 9.17) is 10.5 Å². The maximum atomic E-state index is 13.9. The summed E-state index contributed by atoms with van der Waals surface area (Å²) >= 11 is 0. The monoisotopic (exact) mass is 547 g/mol. The highest BCUT2D eigenvalue weighted by Gasteiger charge is 2.39. The summed E-state index contributed by atoms with van der Waals surface area (Å²) in [6.07, 6.45) is 7.77. The zero-order valence-corrected chi connectivity index (χ0v) is 22.4. The van der Waals surface area contributed by atoms with Crippen LogP contribution in [0.1, 0.15) is 19.3 Å². The van der Waals surface area contributed by atoms with E-state index in [1.807, 2.05) is 43.5 Å². The van der Waals surface area contributed by atoms with Crippen LogP contribution >= 0.6 is 0 Å². The van der Waals surface area contributed by atoms with Crippen molar-refractivity contribution in [1.82, 2.24) is 24.4 Å². The van der Waals surface area contributed by atoms with Gasteiger partial charge in [-0.2, -0.15) is 0 Å². The van der Waals surface area contributed by atoms with Crippen LogP contribution in [0.3, 0.4) is 0 Å². The summed E-state index contributed by atoms with van der Waals surface area (Å²) in [6.45, 7) is 0. The normalized spacial score (nSPS) is 13.9. The van der Waals surface area contributed by atoms with E-state index in [1.165, 1.54) is 15.5 Å². The molecule has 0 saturated heterocycles. The van der Waals surface area contributed by atoms with Crippen molar-refractivity contribution in [2.24, 2.45) is 0 Å². The number of aromatic nitrogens is 4. The van der Waals surface area contributed by atoms with E-state index in [-0.39, 0.29) is 23.0 Å². The van der Waals surface area contributed by atoms with Gasteiger partial charge in [0.15, 0.2) is 11.5 Å². The highest BCUT2D eigenvalue weighted by atomic mass is 16.5. The number of hydrogen-bond acceptors (Lipinski definition) is 7. The molecule has 2 heterocycles. The van der Waals surface area contributed by atoms with Crippen LogP contribution < -0.4 is 26.8 Å². The predicted octanol–water partition coefficient (Wildman–Crippen LogP) is 4.58. The molecule has 206 valence electrons. The van der Waals surface area contributed by atoms with E-state index in [0.717, 1.165) is 19.3 Å². The molecule has 10 nitrogen and oxygen atoms in total. The third kappa shape index (κ3) is 5.32. The average molecular weight is 548 g/mol. The van der Waals surface area contributed by atoms with Crippen LogP contribution in [0.25, 0.3) is 22.5 Å². The first-order valence-corrected chi connectivity index (χ1v) is 13.3. The topological polar surface area (TPSA) is 129 Å². The number of rotatable bonds is 9. The number of benzene rings is 3. The van der Waals surface area contributed by atoms with E-state index in [2.05, 4.69) is 20.6 Å². The van der Waals surface area contributed by atoms with Gasteiger partial charge in [-0.1, -0.05) is 30.3 Å². The summed E-state index contributed by atoms with van der Waals surface area (Å²) in [5.74, 6) is 1.25. The molecule has 1 saturated carbocycles. The Balaban J connectivity index is 1.31. The summed E-state index contributed by atoms with van der Waals surface area (Å²) in [5, 5.41) is 6.19. The summed E-state index contributed by atoms with van der Waals surface area (Å²) < 4.78 is 8.82. The van der Waals surface area contributed by atoms with Crippen LogP contribution in [0.2, 0.25) is 0 Å². The van der Waals surface area contributed by atoms with Gasteiger partial charge >= 0.3 is 5.69 Å². The fourth-order valence-corrected chi connectivity index (χ4v) is 4.81. The first kappa shape index (κ1) is 26.0. The molecule has 5 aromatic rings. The first-order chi connectivity index (χ1) is 20.0. The Morgan fingerprint density at radius 2 is 1.73 bits per heavy atom. The van der Waals surface area contributed by atoms with Crippen molar-refractivity contribution in [1.29, 1.82) is 0 Å². The van der Waals surface area contributed by atoms with Crippen molar-refractivity contribution in [3.05, 3.63) is 108 Å². The van der Waals surface area contributed by atoms with Crippen LogP contribution in [0.4, 0.5) is 11.5 Å². The van der Waals surface area contributed by atoms with Gasteiger partial charge in [-0.3, -0.25) is 9.36 Å². The van der Waals surface area contributed by atoms with Gasteiger partial charge in [0, 0.05) is 11.2 Å². The van der Waals surface area contributed by atoms with E-state index in [0.29, 0.717) is 39.7 Å². The molecule has 6 rings (SSSR count). The van der Waals surface area contributed by atoms with Crippen molar-refractivity contribution in [2.45, 2.75) is 24.8 Å². The van der Waals surface area contributed by atoms with Gasteiger partial charge in [0.2, 0.25) is 5.91 Å². The zero-order valence-electron chi connectivity index (χ0n) is 22.4. The number of anilines is 2. The lowest BCUT2D eigenvalue weighted by atomic mass is 10.1. The predicted molar refractivity (Wildman–Crippen MR) is 159 cm³/mol. The Bertz CT molecular complexity index is 1800. The number of hydrogen-bond donors (Lipinski definition) is 3. The van der Waals surface area contributed by atoms with E-state index in [9.17, 15) is 9.59 Å². The van der Waals surface area contributed by atoms with Crippen LogP contribution in [0.5, 0.6) is 11.5 Å². The molecule has 1 fully saturated rings. The molecule has 10 heteroatoms. The summed E-state index contributed by atoms with van der Waals surface area (Å²) in [6, 6.07) is 23.6. The van der Waals surface area contributed by atoms with Crippen LogP contribution in [-0.4, -0.2) is 37.6 Å². The number of nitrogen functional groups attached to an aromatic ring is 1. The fourth-order valence-electron chi connectivity index (χ4n) is 4.81. The zero-order chi connectivity index (χ0) is 28.4. The molecule has 0 atom stereocenters. The molecule has 0 radical (unpaired) electrons. The number of nitrogens with one attached hydrogen (secondary N) is 2. The second kappa shape index (κ2) is 10.7. The van der Waals surface area contributed by atoms with Gasteiger partial charge in [-0.25, -0.2) is 19.3 Å². The molecule has 41 heavy (non-hydrogen) atoms. The molecular formula is C31H29N7O3. The molecule has 3 aromatic carbocycles. The second-order valence-corrected chi connectivity index (χ2v) is 9.97. The summed E-state index contributed by atoms with van der Waals surface area (Å²) in [4.78, 5) is 35.0. The van der Waals surface area contributed by atoms with Gasteiger partial charge in [0.1, 0.15) is 23.3 Å². The maximum Gasteiger partial charge on any atom is 0.339 e. The second-order valence-electron chi connectivity index (χ2n) is 9.97. The minimum atomic E-state index is -0.380. The Kier molecular flexibility index (Phi) is 6.82. The van der Waals surface area contributed by atoms with Gasteiger partial charge in [-0.15, -0.1) is 0 Å². The van der Waals surface area contributed by atoms with Gasteiger partial charge in [0.05, 0.1) is 11.4 Å². The first-order valence-electron chi connectivity index (χ1n) is 13.3. The Labute approximate surface area is 236 Å². The molecular weight excluding hydrogens is 518 g/mol. The largest absolute Gasteiger partial charge is 0.457 e. The number of carbonyl (C=O) groups is 1. The van der Waals surface area contributed by atoms with E-state index in [1.54, 1.807) is 54.6 Å². The van der Waals surface area contributed by atoms with Gasteiger partial charge in [0.25, 0.3) is 0 Å². The molecule has 1 aliphatic carbocycles. The van der Waals surface area contributed by atoms with Crippen molar-refractivity contribution in [3.8, 4) is 22.9 Å². The van der Waals surface area contributed by atoms with Crippen LogP contribution in [0, 0.1) is 0 Å². The number of imidazole rings is 1. The van der Waals surface area contributed by atoms with E-state index < -0.39 is 0 Å². The molecule has 0 unspecified atom stereocenters. The molecule has 0 spiro atoms. The third-order valence-corrected chi connectivity index (χ3v) is 7.26. The maximum absolute atomic E-state index is 13.9. The number of nitrogens with zero attached hydrogens (tertiary/aromatic N) is 4. The number of para-hydroxylation sites is 1. The Hall–Kier alpha value is -5.22. The molecule has 0 bridgehead atoms. The fraction of sp³-hybridized carbons (Fsp3) is 0.161. The van der Waals surface area contributed by atoms with Gasteiger partial charge in [-0.05, 0) is 87.0 Å². The summed E-state index contributed by atoms with van der Waals surface area (Å²) in [7, 11) is 1.94. The quantitative estimate of drug-likeness (QED) is 0.230. The standard InChI is InChI=1S/C31H29N7O3/c1-33-31(17-18-31)16-6-11-26(39)36-21-7-5-8-23(19-21)38-29-27(28(32)34-20-35-29)37(30(38)40)22-12-14-25(15-13-22)41-24-9-3-2-4-10-24/h2-15,19-20,33H,16-18H2,1H3,(H,36,39)(H2,32,34,35)/b11-6+. The Morgan fingerprint density at radius 1 is 0.976 bits per heavy atom. The molecule has 4 N–H and O–H groups in total. The van der Waals surface area contributed by atoms with Crippen molar-refractivity contribution in [2.75, 3.05) is 18.1 Å². The van der Waals surface area contributed by atoms with Crippen molar-refractivity contribution >= 4 is 28.6 Å². The molecule has 2 aromatic heterocycles. The SMILES string of the molecule is CNC1(C/C=C/C(=O)Nc2cccc(-n3c(=O)n(-c4ccc(Oc5ccccc5)cc4)c4c(N)ncnc43)c2)CC1. The minimum absolute atomic E-state index is 0.130.